The van der Waals surface area contributed by atoms with Gasteiger partial charge < -0.3 is 10.2 Å². The number of rotatable bonds is 3. The van der Waals surface area contributed by atoms with Crippen LogP contribution in [0, 0.1) is 0 Å². The van der Waals surface area contributed by atoms with Gasteiger partial charge in [0.05, 0.1) is 0 Å². The molecule has 1 aromatic heterocycles. The zero-order valence-corrected chi connectivity index (χ0v) is 8.10. The van der Waals surface area contributed by atoms with Crippen molar-refractivity contribution >= 4 is 15.9 Å². The van der Waals surface area contributed by atoms with Gasteiger partial charge in [-0.3, -0.25) is 0 Å². The van der Waals surface area contributed by atoms with E-state index in [2.05, 4.69) is 22.9 Å². The molecule has 0 aliphatic carbocycles. The number of furan rings is 1. The molecule has 11 heavy (non-hydrogen) atoms. The Bertz CT molecular complexity index is 222. The van der Waals surface area contributed by atoms with Crippen molar-refractivity contribution in [3.63, 3.8) is 0 Å². The van der Waals surface area contributed by atoms with Crippen LogP contribution >= 0.6 is 15.9 Å². The Morgan fingerprint density at radius 3 is 2.82 bits per heavy atom. The highest BCUT2D eigenvalue weighted by Crippen LogP contribution is 2.15. The Balaban J connectivity index is 2.50. The first kappa shape index (κ1) is 8.81. The highest BCUT2D eigenvalue weighted by atomic mass is 79.9. The molecule has 0 saturated carbocycles. The van der Waals surface area contributed by atoms with E-state index in [4.69, 9.17) is 10.2 Å². The highest BCUT2D eigenvalue weighted by Gasteiger charge is 2.04. The summed E-state index contributed by atoms with van der Waals surface area (Å²) >= 11 is 3.24. The molecule has 0 aliphatic heterocycles. The topological polar surface area (TPSA) is 39.2 Å². The molecule has 0 amide bonds. The van der Waals surface area contributed by atoms with E-state index in [1.165, 1.54) is 0 Å². The molecular weight excluding hydrogens is 206 g/mol. The molecule has 0 spiro atoms. The van der Waals surface area contributed by atoms with Crippen molar-refractivity contribution in [2.75, 3.05) is 0 Å². The number of hydrogen-bond donors (Lipinski definition) is 1. The third-order valence-corrected chi connectivity index (χ3v) is 2.04. The van der Waals surface area contributed by atoms with E-state index in [0.717, 1.165) is 23.3 Å². The maximum atomic E-state index is 5.74. The maximum Gasteiger partial charge on any atom is 0.169 e. The largest absolute Gasteiger partial charge is 0.454 e. The summed E-state index contributed by atoms with van der Waals surface area (Å²) < 4.78 is 6.07. The van der Waals surface area contributed by atoms with Gasteiger partial charge in [-0.1, -0.05) is 6.92 Å². The van der Waals surface area contributed by atoms with Gasteiger partial charge >= 0.3 is 0 Å². The molecule has 1 atom stereocenters. The van der Waals surface area contributed by atoms with Gasteiger partial charge in [0.15, 0.2) is 4.67 Å². The van der Waals surface area contributed by atoms with Crippen LogP contribution in [0.5, 0.6) is 0 Å². The molecule has 1 rings (SSSR count). The lowest BCUT2D eigenvalue weighted by molar-refractivity contribution is 0.463. The Hall–Kier alpha value is -0.280. The SMILES string of the molecule is CCC(N)Cc1ccc(Br)o1. The van der Waals surface area contributed by atoms with E-state index >= 15 is 0 Å². The first-order chi connectivity index (χ1) is 5.22. The fourth-order valence-corrected chi connectivity index (χ4v) is 1.20. The number of nitrogens with two attached hydrogens (primary N) is 1. The van der Waals surface area contributed by atoms with Gasteiger partial charge in [-0.05, 0) is 34.5 Å². The Morgan fingerprint density at radius 1 is 1.64 bits per heavy atom. The number of hydrogen-bond acceptors (Lipinski definition) is 2. The predicted octanol–water partition coefficient (Wildman–Crippen LogP) is 2.32. The Kier molecular flexibility index (Phi) is 3.15. The molecule has 0 aliphatic rings. The summed E-state index contributed by atoms with van der Waals surface area (Å²) in [7, 11) is 0. The molecule has 3 heteroatoms. The van der Waals surface area contributed by atoms with Crippen LogP contribution in [0.2, 0.25) is 0 Å². The molecule has 62 valence electrons. The summed E-state index contributed by atoms with van der Waals surface area (Å²) in [6.07, 6.45) is 1.81. The average Bonchev–Trinajstić information content (AvgIpc) is 2.35. The zero-order chi connectivity index (χ0) is 8.27. The second-order valence-electron chi connectivity index (χ2n) is 2.58. The molecule has 0 bridgehead atoms. The van der Waals surface area contributed by atoms with Crippen LogP contribution in [0.4, 0.5) is 0 Å². The van der Waals surface area contributed by atoms with Crippen LogP contribution in [-0.2, 0) is 6.42 Å². The second-order valence-corrected chi connectivity index (χ2v) is 3.36. The molecule has 1 heterocycles. The monoisotopic (exact) mass is 217 g/mol. The van der Waals surface area contributed by atoms with Gasteiger partial charge in [-0.25, -0.2) is 0 Å². The Labute approximate surface area is 74.9 Å². The molecule has 2 N–H and O–H groups in total. The molecule has 0 aromatic carbocycles. The summed E-state index contributed by atoms with van der Waals surface area (Å²) in [6.45, 7) is 2.07. The highest BCUT2D eigenvalue weighted by molar-refractivity contribution is 9.10. The molecular formula is C8H12BrNO. The van der Waals surface area contributed by atoms with Crippen LogP contribution in [0.1, 0.15) is 19.1 Å². The van der Waals surface area contributed by atoms with Crippen molar-refractivity contribution in [1.29, 1.82) is 0 Å². The van der Waals surface area contributed by atoms with Gasteiger partial charge in [-0.2, -0.15) is 0 Å². The summed E-state index contributed by atoms with van der Waals surface area (Å²) in [5.41, 5.74) is 5.74. The zero-order valence-electron chi connectivity index (χ0n) is 6.51. The van der Waals surface area contributed by atoms with E-state index in [0.29, 0.717) is 0 Å². The van der Waals surface area contributed by atoms with Crippen molar-refractivity contribution in [2.24, 2.45) is 5.73 Å². The van der Waals surface area contributed by atoms with E-state index in [1.807, 2.05) is 12.1 Å². The predicted molar refractivity (Wildman–Crippen MR) is 48.4 cm³/mol. The first-order valence-corrected chi connectivity index (χ1v) is 4.51. The molecule has 0 fully saturated rings. The maximum absolute atomic E-state index is 5.74. The fraction of sp³-hybridized carbons (Fsp3) is 0.500. The van der Waals surface area contributed by atoms with Gasteiger partial charge in [0.25, 0.3) is 0 Å². The minimum atomic E-state index is 0.216. The molecule has 0 radical (unpaired) electrons. The average molecular weight is 218 g/mol. The van der Waals surface area contributed by atoms with Crippen molar-refractivity contribution in [3.05, 3.63) is 22.6 Å². The second kappa shape index (κ2) is 3.93. The van der Waals surface area contributed by atoms with E-state index in [1.54, 1.807) is 0 Å². The van der Waals surface area contributed by atoms with Gasteiger partial charge in [0.1, 0.15) is 5.76 Å². The van der Waals surface area contributed by atoms with Crippen molar-refractivity contribution in [3.8, 4) is 0 Å². The summed E-state index contributed by atoms with van der Waals surface area (Å²) in [6, 6.07) is 4.05. The van der Waals surface area contributed by atoms with Gasteiger partial charge in [0.2, 0.25) is 0 Å². The van der Waals surface area contributed by atoms with Crippen molar-refractivity contribution in [2.45, 2.75) is 25.8 Å². The van der Waals surface area contributed by atoms with E-state index in [-0.39, 0.29) is 6.04 Å². The fourth-order valence-electron chi connectivity index (χ4n) is 0.864. The molecule has 1 aromatic rings. The van der Waals surface area contributed by atoms with Crippen molar-refractivity contribution < 1.29 is 4.42 Å². The Morgan fingerprint density at radius 2 is 2.36 bits per heavy atom. The minimum absolute atomic E-state index is 0.216. The minimum Gasteiger partial charge on any atom is -0.454 e. The lowest BCUT2D eigenvalue weighted by Crippen LogP contribution is -2.20. The third kappa shape index (κ3) is 2.67. The third-order valence-electron chi connectivity index (χ3n) is 1.62. The van der Waals surface area contributed by atoms with Crippen LogP contribution in [0.3, 0.4) is 0 Å². The standard InChI is InChI=1S/C8H12BrNO/c1-2-6(10)5-7-3-4-8(9)11-7/h3-4,6H,2,5,10H2,1H3. The molecule has 2 nitrogen and oxygen atoms in total. The smallest absolute Gasteiger partial charge is 0.169 e. The van der Waals surface area contributed by atoms with Gasteiger partial charge in [0, 0.05) is 12.5 Å². The number of halogens is 1. The summed E-state index contributed by atoms with van der Waals surface area (Å²) in [5.74, 6) is 0.950. The molecule has 1 unspecified atom stereocenters. The normalized spacial score (nSPS) is 13.4. The van der Waals surface area contributed by atoms with Crippen LogP contribution in [0.25, 0.3) is 0 Å². The van der Waals surface area contributed by atoms with E-state index in [9.17, 15) is 0 Å². The summed E-state index contributed by atoms with van der Waals surface area (Å²) in [5, 5.41) is 0. The van der Waals surface area contributed by atoms with Crippen molar-refractivity contribution in [1.82, 2.24) is 0 Å². The van der Waals surface area contributed by atoms with Crippen LogP contribution in [0.15, 0.2) is 21.2 Å². The van der Waals surface area contributed by atoms with Gasteiger partial charge in [-0.15, -0.1) is 0 Å². The lowest BCUT2D eigenvalue weighted by atomic mass is 10.1. The lowest BCUT2D eigenvalue weighted by Gasteiger charge is -2.04. The summed E-state index contributed by atoms with van der Waals surface area (Å²) in [4.78, 5) is 0. The van der Waals surface area contributed by atoms with E-state index < -0.39 is 0 Å². The van der Waals surface area contributed by atoms with Crippen LogP contribution in [-0.4, -0.2) is 6.04 Å². The van der Waals surface area contributed by atoms with Crippen LogP contribution < -0.4 is 5.73 Å². The quantitative estimate of drug-likeness (QED) is 0.845. The molecule has 0 saturated heterocycles. The first-order valence-electron chi connectivity index (χ1n) is 3.72.